The van der Waals surface area contributed by atoms with E-state index in [0.29, 0.717) is 0 Å². The minimum Gasteiger partial charge on any atom is -0.453 e. The minimum atomic E-state index is -0.457. The Bertz CT molecular complexity index is 3610. The molecule has 0 unspecified atom stereocenters. The van der Waals surface area contributed by atoms with E-state index in [2.05, 4.69) is 242 Å². The van der Waals surface area contributed by atoms with E-state index in [1.807, 2.05) is 24.3 Å². The summed E-state index contributed by atoms with van der Waals surface area (Å²) in [6, 6.07) is 79.1. The Hall–Kier alpha value is -9.12. The standard InChI is InChI=1S/C67H46N2O2/c1-68-59-15-7-9-17-63(59)70-65-37-33-49(41-61(65)68)47-29-23-43(24-30-47)19-21-45-27-35-53-54-36-28-46(40-58(54)67(57(53)39-45)55-13-5-3-11-51(55)52-12-4-6-14-56(52)67)22-20-44-25-31-48(32-26-44)50-34-38-66-62(42-50)69(2)60-16-8-10-18-64(60)71-66/h3-42H,1-2H3/b21-19+,22-20+. The molecule has 4 nitrogen and oxygen atoms in total. The third-order valence-electron chi connectivity index (χ3n) is 15.1. The Kier molecular flexibility index (Phi) is 9.21. The van der Waals surface area contributed by atoms with Gasteiger partial charge >= 0.3 is 0 Å². The average Bonchev–Trinajstić information content (AvgIpc) is 3.90. The summed E-state index contributed by atoms with van der Waals surface area (Å²) in [6.07, 6.45) is 8.99. The zero-order valence-electron chi connectivity index (χ0n) is 39.3. The van der Waals surface area contributed by atoms with Crippen molar-refractivity contribution in [3.05, 3.63) is 263 Å². The van der Waals surface area contributed by atoms with Crippen molar-refractivity contribution in [1.29, 1.82) is 0 Å². The highest BCUT2D eigenvalue weighted by Crippen LogP contribution is 2.63. The van der Waals surface area contributed by atoms with Crippen LogP contribution in [0.15, 0.2) is 218 Å². The molecule has 0 N–H and O–H groups in total. The molecule has 0 bridgehead atoms. The van der Waals surface area contributed by atoms with Gasteiger partial charge in [-0.25, -0.2) is 0 Å². The van der Waals surface area contributed by atoms with Gasteiger partial charge in [0.15, 0.2) is 23.0 Å². The first-order valence-corrected chi connectivity index (χ1v) is 24.3. The molecule has 14 rings (SSSR count). The maximum Gasteiger partial charge on any atom is 0.151 e. The van der Waals surface area contributed by atoms with Gasteiger partial charge in [0.05, 0.1) is 28.2 Å². The summed E-state index contributed by atoms with van der Waals surface area (Å²) in [6.45, 7) is 0. The molecule has 336 valence electrons. The molecule has 2 heterocycles. The lowest BCUT2D eigenvalue weighted by atomic mass is 9.70. The predicted octanol–water partition coefficient (Wildman–Crippen LogP) is 17.5. The number of benzene rings is 10. The summed E-state index contributed by atoms with van der Waals surface area (Å²) in [4.78, 5) is 4.42. The number of para-hydroxylation sites is 4. The lowest BCUT2D eigenvalue weighted by Gasteiger charge is -2.30. The van der Waals surface area contributed by atoms with E-state index in [0.717, 1.165) is 79.1 Å². The van der Waals surface area contributed by atoms with Gasteiger partial charge in [0.2, 0.25) is 0 Å². The van der Waals surface area contributed by atoms with Gasteiger partial charge in [-0.3, -0.25) is 0 Å². The molecule has 2 aliphatic carbocycles. The fourth-order valence-electron chi connectivity index (χ4n) is 11.6. The number of fused-ring (bicyclic) bond motifs is 14. The van der Waals surface area contributed by atoms with Gasteiger partial charge in [0.1, 0.15) is 0 Å². The van der Waals surface area contributed by atoms with Crippen LogP contribution in [0.1, 0.15) is 44.5 Å². The molecule has 2 aliphatic heterocycles. The summed E-state index contributed by atoms with van der Waals surface area (Å²) in [7, 11) is 4.20. The van der Waals surface area contributed by atoms with Crippen LogP contribution in [-0.2, 0) is 5.41 Å². The number of rotatable bonds is 6. The molecule has 0 aromatic heterocycles. The smallest absolute Gasteiger partial charge is 0.151 e. The second kappa shape index (κ2) is 16.0. The van der Waals surface area contributed by atoms with E-state index >= 15 is 0 Å². The van der Waals surface area contributed by atoms with Crippen molar-refractivity contribution >= 4 is 47.1 Å². The van der Waals surface area contributed by atoms with Gasteiger partial charge in [-0.15, -0.1) is 0 Å². The molecule has 10 aromatic rings. The number of anilines is 4. The summed E-state index contributed by atoms with van der Waals surface area (Å²) in [5, 5.41) is 0. The number of nitrogens with zero attached hydrogens (tertiary/aromatic N) is 2. The van der Waals surface area contributed by atoms with Gasteiger partial charge in [-0.05, 0) is 150 Å². The highest BCUT2D eigenvalue weighted by atomic mass is 16.5. The molecule has 0 saturated carbocycles. The summed E-state index contributed by atoms with van der Waals surface area (Å²) >= 11 is 0. The fraction of sp³-hybridized carbons (Fsp3) is 0.0448. The Morgan fingerprint density at radius 2 is 0.648 bits per heavy atom. The SMILES string of the molecule is CN1c2ccccc2Oc2ccc(-c3ccc(/C=C/c4ccc5c(c4)C4(c6ccccc6-c6ccccc64)c4cc(/C=C/c6ccc(-c7ccc8c(c7)N(C)c7ccccc7O8)cc6)ccc4-5)cc3)cc21. The third kappa shape index (κ3) is 6.45. The van der Waals surface area contributed by atoms with Crippen molar-refractivity contribution in [1.82, 2.24) is 0 Å². The molecule has 0 saturated heterocycles. The van der Waals surface area contributed by atoms with Crippen LogP contribution < -0.4 is 19.3 Å². The normalized spacial score (nSPS) is 13.9. The van der Waals surface area contributed by atoms with Gasteiger partial charge in [0.25, 0.3) is 0 Å². The van der Waals surface area contributed by atoms with Crippen LogP contribution in [0, 0.1) is 0 Å². The average molecular weight is 911 g/mol. The Balaban J connectivity index is 0.767. The molecule has 4 heteroatoms. The first-order chi connectivity index (χ1) is 35.0. The summed E-state index contributed by atoms with van der Waals surface area (Å²) in [5.74, 6) is 3.49. The van der Waals surface area contributed by atoms with Gasteiger partial charge in [-0.1, -0.05) is 182 Å². The number of ether oxygens (including phenoxy) is 2. The molecule has 10 aromatic carbocycles. The van der Waals surface area contributed by atoms with Crippen LogP contribution >= 0.6 is 0 Å². The van der Waals surface area contributed by atoms with E-state index in [9.17, 15) is 0 Å². The first-order valence-electron chi connectivity index (χ1n) is 24.3. The van der Waals surface area contributed by atoms with Crippen LogP contribution in [0.25, 0.3) is 68.8 Å². The van der Waals surface area contributed by atoms with Crippen molar-refractivity contribution in [3.8, 4) is 67.5 Å². The Morgan fingerprint density at radius 1 is 0.296 bits per heavy atom. The summed E-state index contributed by atoms with van der Waals surface area (Å²) < 4.78 is 12.5. The topological polar surface area (TPSA) is 24.9 Å². The second-order valence-corrected chi connectivity index (χ2v) is 19.0. The monoisotopic (exact) mass is 910 g/mol. The van der Waals surface area contributed by atoms with Crippen LogP contribution in [-0.4, -0.2) is 14.1 Å². The Morgan fingerprint density at radius 3 is 1.11 bits per heavy atom. The minimum absolute atomic E-state index is 0.457. The van der Waals surface area contributed by atoms with Gasteiger partial charge in [-0.2, -0.15) is 0 Å². The van der Waals surface area contributed by atoms with Crippen LogP contribution in [0.5, 0.6) is 23.0 Å². The lowest BCUT2D eigenvalue weighted by Crippen LogP contribution is -2.26. The van der Waals surface area contributed by atoms with E-state index in [1.54, 1.807) is 0 Å². The highest BCUT2D eigenvalue weighted by molar-refractivity contribution is 5.96. The van der Waals surface area contributed by atoms with Crippen LogP contribution in [0.3, 0.4) is 0 Å². The maximum atomic E-state index is 6.25. The molecule has 0 atom stereocenters. The second-order valence-electron chi connectivity index (χ2n) is 19.0. The Labute approximate surface area is 414 Å². The molecule has 4 aliphatic rings. The maximum absolute atomic E-state index is 6.25. The van der Waals surface area contributed by atoms with Crippen molar-refractivity contribution in [2.75, 3.05) is 23.9 Å². The van der Waals surface area contributed by atoms with Gasteiger partial charge < -0.3 is 19.3 Å². The summed E-state index contributed by atoms with van der Waals surface area (Å²) in [5.41, 5.74) is 23.6. The highest BCUT2D eigenvalue weighted by Gasteiger charge is 2.51. The fourth-order valence-corrected chi connectivity index (χ4v) is 11.6. The molecular weight excluding hydrogens is 865 g/mol. The van der Waals surface area contributed by atoms with E-state index in [-0.39, 0.29) is 0 Å². The van der Waals surface area contributed by atoms with Crippen LogP contribution in [0.4, 0.5) is 22.7 Å². The van der Waals surface area contributed by atoms with Crippen molar-refractivity contribution in [2.24, 2.45) is 0 Å². The zero-order valence-corrected chi connectivity index (χ0v) is 39.3. The zero-order chi connectivity index (χ0) is 47.2. The molecule has 0 amide bonds. The van der Waals surface area contributed by atoms with Crippen LogP contribution in [0.2, 0.25) is 0 Å². The van der Waals surface area contributed by atoms with Crippen molar-refractivity contribution in [2.45, 2.75) is 5.41 Å². The number of hydrogen-bond acceptors (Lipinski definition) is 4. The lowest BCUT2D eigenvalue weighted by molar-refractivity contribution is 0.475. The van der Waals surface area contributed by atoms with Crippen molar-refractivity contribution in [3.63, 3.8) is 0 Å². The van der Waals surface area contributed by atoms with Gasteiger partial charge in [0, 0.05) is 14.1 Å². The first kappa shape index (κ1) is 40.9. The quantitative estimate of drug-likeness (QED) is 0.155. The molecule has 71 heavy (non-hydrogen) atoms. The molecule has 0 fully saturated rings. The largest absolute Gasteiger partial charge is 0.453 e. The van der Waals surface area contributed by atoms with E-state index < -0.39 is 5.41 Å². The van der Waals surface area contributed by atoms with E-state index in [1.165, 1.54) is 55.6 Å². The molecule has 0 radical (unpaired) electrons. The predicted molar refractivity (Wildman–Crippen MR) is 294 cm³/mol. The van der Waals surface area contributed by atoms with E-state index in [4.69, 9.17) is 9.47 Å². The van der Waals surface area contributed by atoms with Crippen molar-refractivity contribution < 1.29 is 9.47 Å². The number of hydrogen-bond donors (Lipinski definition) is 0. The molecule has 1 spiro atoms. The third-order valence-corrected chi connectivity index (χ3v) is 15.1. The molecular formula is C67H46N2O2.